The van der Waals surface area contributed by atoms with E-state index < -0.39 is 0 Å². The maximum atomic E-state index is 12.8. The van der Waals surface area contributed by atoms with E-state index in [-0.39, 0.29) is 0 Å². The van der Waals surface area contributed by atoms with E-state index in [0.717, 1.165) is 51.3 Å². The first kappa shape index (κ1) is 13.3. The first-order valence-electron chi connectivity index (χ1n) is 8.27. The van der Waals surface area contributed by atoms with Crippen LogP contribution in [0, 0.1) is 11.3 Å². The number of imidazole rings is 1. The number of aromatic nitrogens is 2. The Bertz CT molecular complexity index is 506. The molecule has 1 saturated carbocycles. The Hall–Kier alpha value is -1.36. The zero-order valence-corrected chi connectivity index (χ0v) is 12.5. The van der Waals surface area contributed by atoms with Crippen molar-refractivity contribution in [2.75, 3.05) is 26.2 Å². The van der Waals surface area contributed by atoms with Gasteiger partial charge in [-0.3, -0.25) is 4.79 Å². The SMILES string of the molecule is O=C(C1CC12CCNCC2)N1CCCC(c2ncc[nH]2)C1. The molecule has 5 nitrogen and oxygen atoms in total. The molecule has 2 unspecified atom stereocenters. The van der Waals surface area contributed by atoms with Crippen LogP contribution < -0.4 is 5.32 Å². The van der Waals surface area contributed by atoms with Crippen LogP contribution in [0.2, 0.25) is 0 Å². The number of likely N-dealkylation sites (tertiary alicyclic amines) is 1. The number of rotatable bonds is 2. The van der Waals surface area contributed by atoms with Crippen LogP contribution >= 0.6 is 0 Å². The summed E-state index contributed by atoms with van der Waals surface area (Å²) >= 11 is 0. The van der Waals surface area contributed by atoms with Crippen LogP contribution in [0.1, 0.15) is 43.8 Å². The number of hydrogen-bond acceptors (Lipinski definition) is 3. The smallest absolute Gasteiger partial charge is 0.226 e. The number of nitrogens with one attached hydrogen (secondary N) is 2. The van der Waals surface area contributed by atoms with Gasteiger partial charge in [-0.2, -0.15) is 0 Å². The van der Waals surface area contributed by atoms with E-state index in [1.165, 1.54) is 12.8 Å². The summed E-state index contributed by atoms with van der Waals surface area (Å²) in [4.78, 5) is 22.5. The lowest BCUT2D eigenvalue weighted by Crippen LogP contribution is -2.42. The van der Waals surface area contributed by atoms with Crippen molar-refractivity contribution in [3.05, 3.63) is 18.2 Å². The van der Waals surface area contributed by atoms with E-state index in [9.17, 15) is 4.79 Å². The minimum absolute atomic E-state index is 0.301. The summed E-state index contributed by atoms with van der Waals surface area (Å²) in [6, 6.07) is 0. The van der Waals surface area contributed by atoms with Crippen molar-refractivity contribution in [2.24, 2.45) is 11.3 Å². The van der Waals surface area contributed by atoms with Crippen LogP contribution in [-0.2, 0) is 4.79 Å². The summed E-state index contributed by atoms with van der Waals surface area (Å²) in [5.41, 5.74) is 0.347. The standard InChI is InChI=1S/C16H24N4O/c21-15(13-10-16(13)3-5-17-6-4-16)20-9-1-2-12(11-20)14-18-7-8-19-14/h7-8,12-13,17H,1-6,9-11H2,(H,18,19). The lowest BCUT2D eigenvalue weighted by atomic mass is 9.91. The Morgan fingerprint density at radius 3 is 3.00 bits per heavy atom. The second-order valence-corrected chi connectivity index (χ2v) is 6.97. The minimum atomic E-state index is 0.301. The summed E-state index contributed by atoms with van der Waals surface area (Å²) in [6.45, 7) is 3.94. The first-order chi connectivity index (χ1) is 10.3. The van der Waals surface area contributed by atoms with Crippen LogP contribution in [0.15, 0.2) is 12.4 Å². The van der Waals surface area contributed by atoms with Crippen LogP contribution in [0.4, 0.5) is 0 Å². The highest BCUT2D eigenvalue weighted by atomic mass is 16.2. The molecule has 1 aliphatic carbocycles. The Labute approximate surface area is 125 Å². The normalized spacial score (nSPS) is 31.3. The Morgan fingerprint density at radius 1 is 1.38 bits per heavy atom. The van der Waals surface area contributed by atoms with E-state index >= 15 is 0 Å². The summed E-state index contributed by atoms with van der Waals surface area (Å²) in [6.07, 6.45) is 9.39. The molecule has 2 saturated heterocycles. The maximum Gasteiger partial charge on any atom is 0.226 e. The highest BCUT2D eigenvalue weighted by Crippen LogP contribution is 2.59. The highest BCUT2D eigenvalue weighted by molar-refractivity contribution is 5.83. The maximum absolute atomic E-state index is 12.8. The van der Waals surface area contributed by atoms with Crippen molar-refractivity contribution in [1.29, 1.82) is 0 Å². The molecular weight excluding hydrogens is 264 g/mol. The largest absolute Gasteiger partial charge is 0.348 e. The Balaban J connectivity index is 1.41. The van der Waals surface area contributed by atoms with Crippen molar-refractivity contribution in [3.63, 3.8) is 0 Å². The predicted molar refractivity (Wildman–Crippen MR) is 79.8 cm³/mol. The van der Waals surface area contributed by atoms with Crippen molar-refractivity contribution >= 4 is 5.91 Å². The topological polar surface area (TPSA) is 61.0 Å². The fraction of sp³-hybridized carbons (Fsp3) is 0.750. The van der Waals surface area contributed by atoms with Crippen LogP contribution in [0.5, 0.6) is 0 Å². The number of aromatic amines is 1. The summed E-state index contributed by atoms with van der Waals surface area (Å²) < 4.78 is 0. The van der Waals surface area contributed by atoms with Crippen LogP contribution in [0.25, 0.3) is 0 Å². The van der Waals surface area contributed by atoms with Gasteiger partial charge in [-0.05, 0) is 50.6 Å². The van der Waals surface area contributed by atoms with Crippen molar-refractivity contribution in [1.82, 2.24) is 20.2 Å². The third-order valence-electron chi connectivity index (χ3n) is 5.73. The second kappa shape index (κ2) is 5.13. The molecule has 4 rings (SSSR count). The molecular formula is C16H24N4O. The van der Waals surface area contributed by atoms with Crippen molar-refractivity contribution in [3.8, 4) is 0 Å². The van der Waals surface area contributed by atoms with E-state index in [1.54, 1.807) is 6.20 Å². The summed E-state index contributed by atoms with van der Waals surface area (Å²) in [7, 11) is 0. The molecule has 0 aromatic carbocycles. The Kier molecular flexibility index (Phi) is 3.25. The number of nitrogens with zero attached hydrogens (tertiary/aromatic N) is 2. The molecule has 21 heavy (non-hydrogen) atoms. The molecule has 2 atom stereocenters. The summed E-state index contributed by atoms with van der Waals surface area (Å²) in [5.74, 6) is 2.14. The van der Waals surface area contributed by atoms with Gasteiger partial charge in [0.15, 0.2) is 0 Å². The molecule has 5 heteroatoms. The van der Waals surface area contributed by atoms with Gasteiger partial charge in [-0.25, -0.2) is 4.98 Å². The van der Waals surface area contributed by atoms with Gasteiger partial charge in [0.1, 0.15) is 5.82 Å². The fourth-order valence-electron chi connectivity index (χ4n) is 4.30. The molecule has 3 heterocycles. The quantitative estimate of drug-likeness (QED) is 0.867. The van der Waals surface area contributed by atoms with Gasteiger partial charge in [0.2, 0.25) is 5.91 Å². The monoisotopic (exact) mass is 288 g/mol. The molecule has 3 fully saturated rings. The van der Waals surface area contributed by atoms with Gasteiger partial charge in [-0.15, -0.1) is 0 Å². The summed E-state index contributed by atoms with van der Waals surface area (Å²) in [5, 5.41) is 3.41. The number of carbonyl (C=O) groups is 1. The van der Waals surface area contributed by atoms with E-state index in [2.05, 4.69) is 20.2 Å². The highest BCUT2D eigenvalue weighted by Gasteiger charge is 2.58. The zero-order chi connectivity index (χ0) is 14.3. The van der Waals surface area contributed by atoms with Crippen LogP contribution in [0.3, 0.4) is 0 Å². The van der Waals surface area contributed by atoms with Gasteiger partial charge in [0.25, 0.3) is 0 Å². The van der Waals surface area contributed by atoms with Crippen LogP contribution in [-0.4, -0.2) is 47.0 Å². The molecule has 2 N–H and O–H groups in total. The van der Waals surface area contributed by atoms with Gasteiger partial charge < -0.3 is 15.2 Å². The molecule has 0 bridgehead atoms. The van der Waals surface area contributed by atoms with Crippen molar-refractivity contribution in [2.45, 2.75) is 38.0 Å². The molecule has 2 aliphatic heterocycles. The molecule has 1 spiro atoms. The zero-order valence-electron chi connectivity index (χ0n) is 12.5. The minimum Gasteiger partial charge on any atom is -0.348 e. The van der Waals surface area contributed by atoms with Gasteiger partial charge in [-0.1, -0.05) is 0 Å². The average molecular weight is 288 g/mol. The molecule has 1 amide bonds. The lowest BCUT2D eigenvalue weighted by Gasteiger charge is -2.33. The lowest BCUT2D eigenvalue weighted by molar-refractivity contribution is -0.134. The number of piperidine rings is 2. The van der Waals surface area contributed by atoms with E-state index in [4.69, 9.17) is 0 Å². The number of H-pyrrole nitrogens is 1. The van der Waals surface area contributed by atoms with E-state index in [0.29, 0.717) is 23.2 Å². The van der Waals surface area contributed by atoms with Crippen molar-refractivity contribution < 1.29 is 4.79 Å². The van der Waals surface area contributed by atoms with Gasteiger partial charge >= 0.3 is 0 Å². The molecule has 3 aliphatic rings. The third-order valence-corrected chi connectivity index (χ3v) is 5.73. The average Bonchev–Trinajstić information content (AvgIpc) is 2.99. The number of carbonyl (C=O) groups excluding carboxylic acids is 1. The second-order valence-electron chi connectivity index (χ2n) is 6.97. The van der Waals surface area contributed by atoms with E-state index in [1.807, 2.05) is 6.20 Å². The first-order valence-corrected chi connectivity index (χ1v) is 8.27. The van der Waals surface area contributed by atoms with Gasteiger partial charge in [0.05, 0.1) is 0 Å². The number of amides is 1. The third kappa shape index (κ3) is 2.37. The molecule has 114 valence electrons. The molecule has 0 radical (unpaired) electrons. The fourth-order valence-corrected chi connectivity index (χ4v) is 4.30. The Morgan fingerprint density at radius 2 is 2.24 bits per heavy atom. The predicted octanol–water partition coefficient (Wildman–Crippen LogP) is 1.51. The molecule has 1 aromatic heterocycles. The van der Waals surface area contributed by atoms with Gasteiger partial charge in [0, 0.05) is 37.3 Å². The number of hydrogen-bond donors (Lipinski definition) is 2. The molecule has 1 aromatic rings.